The first-order valence-electron chi connectivity index (χ1n) is 10.5. The molecule has 32 heavy (non-hydrogen) atoms. The van der Waals surface area contributed by atoms with Crippen LogP contribution in [-0.2, 0) is 6.54 Å². The topological polar surface area (TPSA) is 60.2 Å². The Bertz CT molecular complexity index is 1200. The van der Waals surface area contributed by atoms with Gasteiger partial charge in [-0.2, -0.15) is 0 Å². The predicted octanol–water partition coefficient (Wildman–Crippen LogP) is 5.98. The average molecular weight is 469 g/mol. The lowest BCUT2D eigenvalue weighted by Crippen LogP contribution is -2.32. The zero-order chi connectivity index (χ0) is 22.7. The minimum Gasteiger partial charge on any atom is -0.491 e. The number of ether oxygens (including phenoxy) is 1. The number of carbonyl (C=O) groups excluding carboxylic acids is 1. The summed E-state index contributed by atoms with van der Waals surface area (Å²) in [6, 6.07) is 11.1. The standard InChI is InChI=1S/C24H25ClN4O2S/c1-16(2)31-19-7-5-18(6-8-19)23(30)29(13-4-12-28-14-11-26-15-28)24-27-22-17(3)20(25)9-10-21(22)32-24/h5-11,14-16H,4,12-13H2,1-3H3. The Morgan fingerprint density at radius 3 is 2.69 bits per heavy atom. The van der Waals surface area contributed by atoms with Gasteiger partial charge in [-0.3, -0.25) is 9.69 Å². The zero-order valence-electron chi connectivity index (χ0n) is 18.3. The van der Waals surface area contributed by atoms with Crippen LogP contribution >= 0.6 is 22.9 Å². The quantitative estimate of drug-likeness (QED) is 0.319. The number of thiazole rings is 1. The Morgan fingerprint density at radius 2 is 2.00 bits per heavy atom. The van der Waals surface area contributed by atoms with E-state index in [4.69, 9.17) is 21.3 Å². The fraction of sp³-hybridized carbons (Fsp3) is 0.292. The second-order valence-corrected chi connectivity index (χ2v) is 9.23. The molecule has 0 saturated carbocycles. The molecule has 0 saturated heterocycles. The summed E-state index contributed by atoms with van der Waals surface area (Å²) in [4.78, 5) is 24.1. The lowest BCUT2D eigenvalue weighted by molar-refractivity contribution is 0.0986. The second-order valence-electron chi connectivity index (χ2n) is 7.82. The van der Waals surface area contributed by atoms with Crippen molar-refractivity contribution >= 4 is 44.2 Å². The predicted molar refractivity (Wildman–Crippen MR) is 130 cm³/mol. The molecule has 6 nitrogen and oxygen atoms in total. The lowest BCUT2D eigenvalue weighted by atomic mass is 10.2. The molecule has 2 aromatic heterocycles. The Balaban J connectivity index is 1.62. The van der Waals surface area contributed by atoms with E-state index in [1.54, 1.807) is 29.6 Å². The van der Waals surface area contributed by atoms with Gasteiger partial charge in [0.15, 0.2) is 5.13 Å². The molecule has 0 fully saturated rings. The molecular weight excluding hydrogens is 444 g/mol. The number of benzene rings is 2. The van der Waals surface area contributed by atoms with Gasteiger partial charge in [-0.15, -0.1) is 0 Å². The number of aromatic nitrogens is 3. The van der Waals surface area contributed by atoms with Gasteiger partial charge in [0.2, 0.25) is 0 Å². The van der Waals surface area contributed by atoms with Crippen LogP contribution in [0.2, 0.25) is 5.02 Å². The summed E-state index contributed by atoms with van der Waals surface area (Å²) in [6.07, 6.45) is 6.30. The Morgan fingerprint density at radius 1 is 1.22 bits per heavy atom. The van der Waals surface area contributed by atoms with E-state index >= 15 is 0 Å². The molecule has 0 radical (unpaired) electrons. The van der Waals surface area contributed by atoms with Crippen LogP contribution in [0.15, 0.2) is 55.1 Å². The summed E-state index contributed by atoms with van der Waals surface area (Å²) < 4.78 is 8.72. The molecule has 166 valence electrons. The van der Waals surface area contributed by atoms with E-state index in [0.717, 1.165) is 34.5 Å². The van der Waals surface area contributed by atoms with Crippen molar-refractivity contribution in [2.75, 3.05) is 11.4 Å². The number of hydrogen-bond acceptors (Lipinski definition) is 5. The third-order valence-corrected chi connectivity index (χ3v) is 6.50. The molecule has 2 aromatic carbocycles. The number of carbonyl (C=O) groups is 1. The highest BCUT2D eigenvalue weighted by Gasteiger charge is 2.22. The molecule has 0 aliphatic carbocycles. The maximum atomic E-state index is 13.5. The number of amides is 1. The maximum Gasteiger partial charge on any atom is 0.260 e. The molecule has 0 aliphatic heterocycles. The van der Waals surface area contributed by atoms with Gasteiger partial charge in [0.25, 0.3) is 5.91 Å². The minimum absolute atomic E-state index is 0.0778. The van der Waals surface area contributed by atoms with Crippen LogP contribution < -0.4 is 9.64 Å². The fourth-order valence-corrected chi connectivity index (χ4v) is 4.62. The largest absolute Gasteiger partial charge is 0.491 e. The van der Waals surface area contributed by atoms with E-state index in [1.165, 1.54) is 11.3 Å². The van der Waals surface area contributed by atoms with E-state index < -0.39 is 0 Å². The monoisotopic (exact) mass is 468 g/mol. The number of hydrogen-bond donors (Lipinski definition) is 0. The van der Waals surface area contributed by atoms with Crippen molar-refractivity contribution < 1.29 is 9.53 Å². The zero-order valence-corrected chi connectivity index (χ0v) is 19.9. The van der Waals surface area contributed by atoms with Crippen LogP contribution in [0.25, 0.3) is 10.2 Å². The molecule has 0 N–H and O–H groups in total. The van der Waals surface area contributed by atoms with Gasteiger partial charge in [-0.1, -0.05) is 22.9 Å². The Kier molecular flexibility index (Phi) is 6.77. The Hall–Kier alpha value is -2.90. The van der Waals surface area contributed by atoms with Crippen molar-refractivity contribution in [3.63, 3.8) is 0 Å². The highest BCUT2D eigenvalue weighted by atomic mass is 35.5. The molecule has 0 spiro atoms. The number of anilines is 1. The van der Waals surface area contributed by atoms with E-state index in [1.807, 2.05) is 55.8 Å². The first-order valence-corrected chi connectivity index (χ1v) is 11.7. The molecule has 4 rings (SSSR count). The summed E-state index contributed by atoms with van der Waals surface area (Å²) in [5.41, 5.74) is 2.36. The number of aryl methyl sites for hydroxylation is 2. The Labute approximate surface area is 196 Å². The summed E-state index contributed by atoms with van der Waals surface area (Å²) in [5, 5.41) is 1.34. The number of nitrogens with zero attached hydrogens (tertiary/aromatic N) is 4. The molecule has 4 aromatic rings. The van der Waals surface area contributed by atoms with Crippen LogP contribution in [0.3, 0.4) is 0 Å². The van der Waals surface area contributed by atoms with Gasteiger partial charge < -0.3 is 9.30 Å². The summed E-state index contributed by atoms with van der Waals surface area (Å²) in [6.45, 7) is 7.20. The molecule has 0 unspecified atom stereocenters. The summed E-state index contributed by atoms with van der Waals surface area (Å²) in [7, 11) is 0. The molecule has 0 atom stereocenters. The minimum atomic E-state index is -0.0884. The van der Waals surface area contributed by atoms with Gasteiger partial charge in [0.1, 0.15) is 5.75 Å². The highest BCUT2D eigenvalue weighted by Crippen LogP contribution is 2.34. The smallest absolute Gasteiger partial charge is 0.260 e. The molecule has 0 bridgehead atoms. The normalized spacial score (nSPS) is 11.3. The first-order chi connectivity index (χ1) is 15.4. The first kappa shape index (κ1) is 22.3. The molecule has 1 amide bonds. The summed E-state index contributed by atoms with van der Waals surface area (Å²) >= 11 is 7.79. The van der Waals surface area contributed by atoms with Crippen LogP contribution in [0.1, 0.15) is 36.2 Å². The van der Waals surface area contributed by atoms with Gasteiger partial charge in [-0.25, -0.2) is 9.97 Å². The van der Waals surface area contributed by atoms with Crippen LogP contribution in [0.5, 0.6) is 5.75 Å². The van der Waals surface area contributed by atoms with Crippen LogP contribution in [-0.4, -0.2) is 33.1 Å². The van der Waals surface area contributed by atoms with Crippen molar-refractivity contribution in [1.29, 1.82) is 0 Å². The van der Waals surface area contributed by atoms with Gasteiger partial charge >= 0.3 is 0 Å². The van der Waals surface area contributed by atoms with Crippen LogP contribution in [0, 0.1) is 6.92 Å². The molecular formula is C24H25ClN4O2S. The van der Waals surface area contributed by atoms with Gasteiger partial charge in [-0.05, 0) is 69.2 Å². The molecule has 0 aliphatic rings. The lowest BCUT2D eigenvalue weighted by Gasteiger charge is -2.20. The van der Waals surface area contributed by atoms with Crippen molar-refractivity contribution in [2.24, 2.45) is 0 Å². The fourth-order valence-electron chi connectivity index (χ4n) is 3.42. The van der Waals surface area contributed by atoms with E-state index in [9.17, 15) is 4.79 Å². The van der Waals surface area contributed by atoms with E-state index in [0.29, 0.717) is 22.3 Å². The number of fused-ring (bicyclic) bond motifs is 1. The van der Waals surface area contributed by atoms with Gasteiger partial charge in [0.05, 0.1) is 22.6 Å². The molecule has 8 heteroatoms. The SMILES string of the molecule is Cc1c(Cl)ccc2sc(N(CCCn3ccnc3)C(=O)c3ccc(OC(C)C)cc3)nc12. The number of halogens is 1. The third kappa shape index (κ3) is 4.95. The summed E-state index contributed by atoms with van der Waals surface area (Å²) in [5.74, 6) is 0.656. The second kappa shape index (κ2) is 9.71. The van der Waals surface area contributed by atoms with Crippen molar-refractivity contribution in [1.82, 2.24) is 14.5 Å². The van der Waals surface area contributed by atoms with E-state index in [2.05, 4.69) is 4.98 Å². The van der Waals surface area contributed by atoms with E-state index in [-0.39, 0.29) is 12.0 Å². The van der Waals surface area contributed by atoms with Crippen molar-refractivity contribution in [3.05, 3.63) is 71.3 Å². The third-order valence-electron chi connectivity index (χ3n) is 5.04. The average Bonchev–Trinajstić information content (AvgIpc) is 3.44. The van der Waals surface area contributed by atoms with Crippen LogP contribution in [0.4, 0.5) is 5.13 Å². The highest BCUT2D eigenvalue weighted by molar-refractivity contribution is 7.22. The number of imidazole rings is 1. The molecule has 2 heterocycles. The number of rotatable bonds is 8. The van der Waals surface area contributed by atoms with Crippen molar-refractivity contribution in [3.8, 4) is 5.75 Å². The van der Waals surface area contributed by atoms with Gasteiger partial charge in [0, 0.05) is 36.1 Å². The van der Waals surface area contributed by atoms with Crippen molar-refractivity contribution in [2.45, 2.75) is 39.8 Å². The maximum absolute atomic E-state index is 13.5.